The Labute approximate surface area is 176 Å². The molecule has 0 saturated carbocycles. The zero-order valence-electron chi connectivity index (χ0n) is 16.4. The number of benzene rings is 3. The first-order chi connectivity index (χ1) is 14.7. The van der Waals surface area contributed by atoms with E-state index in [1.807, 2.05) is 0 Å². The van der Waals surface area contributed by atoms with Gasteiger partial charge in [-0.2, -0.15) is 13.2 Å². The number of hydrogen-bond donors (Lipinski definition) is 2. The molecule has 3 aromatic carbocycles. The van der Waals surface area contributed by atoms with Crippen molar-refractivity contribution in [1.82, 2.24) is 0 Å². The molecule has 0 bridgehead atoms. The third kappa shape index (κ3) is 5.22. The third-order valence-corrected chi connectivity index (χ3v) is 4.56. The van der Waals surface area contributed by atoms with Crippen molar-refractivity contribution in [2.75, 3.05) is 12.4 Å². The molecule has 0 heterocycles. The van der Waals surface area contributed by atoms with Gasteiger partial charge in [0.2, 0.25) is 0 Å². The second-order valence-electron chi connectivity index (χ2n) is 6.68. The Morgan fingerprint density at radius 3 is 2.29 bits per heavy atom. The van der Waals surface area contributed by atoms with Crippen LogP contribution in [0.15, 0.2) is 66.7 Å². The molecule has 0 aromatic heterocycles. The molecule has 0 unspecified atom stereocenters. The van der Waals surface area contributed by atoms with Crippen molar-refractivity contribution in [1.29, 1.82) is 0 Å². The number of hydrogen-bond acceptors (Lipinski definition) is 3. The highest BCUT2D eigenvalue weighted by Crippen LogP contribution is 2.32. The van der Waals surface area contributed by atoms with Crippen molar-refractivity contribution in [3.63, 3.8) is 0 Å². The Bertz CT molecular complexity index is 1110. The standard InChI is InChI=1S/C23H18F3NO4/c1-31-20-12-14(13-21(28)29)6-11-19(20)27-22(30)18-5-3-2-4-17(18)15-7-9-16(10-8-15)23(24,25)26/h2-12H,13H2,1H3,(H,27,30)(H,28,29). The number of methoxy groups -OCH3 is 1. The molecule has 31 heavy (non-hydrogen) atoms. The van der Waals surface area contributed by atoms with E-state index in [2.05, 4.69) is 5.32 Å². The molecule has 0 spiro atoms. The second-order valence-corrected chi connectivity index (χ2v) is 6.68. The zero-order valence-corrected chi connectivity index (χ0v) is 16.4. The van der Waals surface area contributed by atoms with Gasteiger partial charge in [-0.05, 0) is 47.0 Å². The predicted molar refractivity (Wildman–Crippen MR) is 109 cm³/mol. The predicted octanol–water partition coefficient (Wildman–Crippen LogP) is 5.26. The molecule has 3 aromatic rings. The first kappa shape index (κ1) is 21.9. The van der Waals surface area contributed by atoms with Crippen molar-refractivity contribution >= 4 is 17.6 Å². The highest BCUT2D eigenvalue weighted by Gasteiger charge is 2.30. The fourth-order valence-electron chi connectivity index (χ4n) is 3.08. The molecule has 0 aliphatic carbocycles. The molecule has 5 nitrogen and oxygen atoms in total. The normalized spacial score (nSPS) is 11.1. The summed E-state index contributed by atoms with van der Waals surface area (Å²) in [4.78, 5) is 23.8. The van der Waals surface area contributed by atoms with Crippen molar-refractivity contribution < 1.29 is 32.6 Å². The molecule has 0 atom stereocenters. The number of alkyl halides is 3. The van der Waals surface area contributed by atoms with E-state index in [1.165, 1.54) is 31.4 Å². The highest BCUT2D eigenvalue weighted by atomic mass is 19.4. The number of carboxylic acid groups (broad SMARTS) is 1. The summed E-state index contributed by atoms with van der Waals surface area (Å²) in [7, 11) is 1.39. The summed E-state index contributed by atoms with van der Waals surface area (Å²) in [6, 6.07) is 15.7. The van der Waals surface area contributed by atoms with Crippen molar-refractivity contribution in [3.8, 4) is 16.9 Å². The molecule has 0 aliphatic heterocycles. The average Bonchev–Trinajstić information content (AvgIpc) is 2.74. The fourth-order valence-corrected chi connectivity index (χ4v) is 3.08. The Morgan fingerprint density at radius 2 is 1.68 bits per heavy atom. The summed E-state index contributed by atoms with van der Waals surface area (Å²) in [6.45, 7) is 0. The van der Waals surface area contributed by atoms with E-state index in [9.17, 15) is 22.8 Å². The van der Waals surface area contributed by atoms with E-state index < -0.39 is 23.6 Å². The molecule has 2 N–H and O–H groups in total. The maximum Gasteiger partial charge on any atom is 0.416 e. The highest BCUT2D eigenvalue weighted by molar-refractivity contribution is 6.09. The quantitative estimate of drug-likeness (QED) is 0.561. The molecule has 0 radical (unpaired) electrons. The number of carboxylic acids is 1. The smallest absolute Gasteiger partial charge is 0.416 e. The monoisotopic (exact) mass is 429 g/mol. The van der Waals surface area contributed by atoms with Gasteiger partial charge in [-0.15, -0.1) is 0 Å². The van der Waals surface area contributed by atoms with Gasteiger partial charge in [0.1, 0.15) is 5.75 Å². The van der Waals surface area contributed by atoms with Crippen LogP contribution >= 0.6 is 0 Å². The van der Waals surface area contributed by atoms with Gasteiger partial charge in [0, 0.05) is 5.56 Å². The summed E-state index contributed by atoms with van der Waals surface area (Å²) < 4.78 is 43.7. The van der Waals surface area contributed by atoms with Gasteiger partial charge in [-0.3, -0.25) is 9.59 Å². The van der Waals surface area contributed by atoms with Crippen molar-refractivity contribution in [2.24, 2.45) is 0 Å². The number of amides is 1. The van der Waals surface area contributed by atoms with Crippen LogP contribution in [-0.4, -0.2) is 24.1 Å². The lowest BCUT2D eigenvalue weighted by Gasteiger charge is -2.14. The molecule has 3 rings (SSSR count). The first-order valence-corrected chi connectivity index (χ1v) is 9.16. The van der Waals surface area contributed by atoms with Crippen LogP contribution in [0.1, 0.15) is 21.5 Å². The molecule has 1 amide bonds. The zero-order chi connectivity index (χ0) is 22.6. The number of carbonyl (C=O) groups is 2. The topological polar surface area (TPSA) is 75.6 Å². The fraction of sp³-hybridized carbons (Fsp3) is 0.130. The molecule has 8 heteroatoms. The molecular formula is C23H18F3NO4. The lowest BCUT2D eigenvalue weighted by atomic mass is 9.98. The van der Waals surface area contributed by atoms with Crippen molar-refractivity contribution in [3.05, 3.63) is 83.4 Å². The summed E-state index contributed by atoms with van der Waals surface area (Å²) >= 11 is 0. The van der Waals surface area contributed by atoms with Crippen LogP contribution in [0.2, 0.25) is 0 Å². The summed E-state index contributed by atoms with van der Waals surface area (Å²) in [5.41, 5.74) is 1.26. The van der Waals surface area contributed by atoms with Crippen LogP contribution in [0, 0.1) is 0 Å². The van der Waals surface area contributed by atoms with E-state index in [4.69, 9.17) is 9.84 Å². The van der Waals surface area contributed by atoms with Gasteiger partial charge in [0.15, 0.2) is 0 Å². The van der Waals surface area contributed by atoms with E-state index in [0.29, 0.717) is 28.1 Å². The summed E-state index contributed by atoms with van der Waals surface area (Å²) in [6.07, 6.45) is -4.64. The second kappa shape index (κ2) is 8.91. The lowest BCUT2D eigenvalue weighted by molar-refractivity contribution is -0.138. The molecule has 0 saturated heterocycles. The minimum Gasteiger partial charge on any atom is -0.495 e. The number of aliphatic carboxylic acids is 1. The minimum absolute atomic E-state index is 0.193. The van der Waals surface area contributed by atoms with E-state index >= 15 is 0 Å². The van der Waals surface area contributed by atoms with E-state index in [1.54, 1.807) is 30.3 Å². The van der Waals surface area contributed by atoms with Gasteiger partial charge in [0.05, 0.1) is 24.8 Å². The summed E-state index contributed by atoms with van der Waals surface area (Å²) in [5.74, 6) is -1.19. The van der Waals surface area contributed by atoms with Crippen LogP contribution in [-0.2, 0) is 17.4 Å². The van der Waals surface area contributed by atoms with E-state index in [-0.39, 0.29) is 12.0 Å². The van der Waals surface area contributed by atoms with Gasteiger partial charge >= 0.3 is 12.1 Å². The van der Waals surface area contributed by atoms with Crippen molar-refractivity contribution in [2.45, 2.75) is 12.6 Å². The maximum absolute atomic E-state index is 12.9. The Kier molecular flexibility index (Phi) is 6.29. The van der Waals surface area contributed by atoms with E-state index in [0.717, 1.165) is 12.1 Å². The number of nitrogens with one attached hydrogen (secondary N) is 1. The number of rotatable bonds is 6. The largest absolute Gasteiger partial charge is 0.495 e. The molecule has 0 fully saturated rings. The third-order valence-electron chi connectivity index (χ3n) is 4.56. The lowest BCUT2D eigenvalue weighted by Crippen LogP contribution is -2.14. The van der Waals surface area contributed by atoms with Crippen LogP contribution in [0.3, 0.4) is 0 Å². The number of ether oxygens (including phenoxy) is 1. The Hall–Kier alpha value is -3.81. The van der Waals surface area contributed by atoms with Crippen LogP contribution in [0.25, 0.3) is 11.1 Å². The van der Waals surface area contributed by atoms with Gasteiger partial charge in [-0.1, -0.05) is 36.4 Å². The Morgan fingerprint density at radius 1 is 1.00 bits per heavy atom. The minimum atomic E-state index is -4.45. The van der Waals surface area contributed by atoms with Crippen LogP contribution in [0.4, 0.5) is 18.9 Å². The molecule has 160 valence electrons. The molecule has 0 aliphatic rings. The summed E-state index contributed by atoms with van der Waals surface area (Å²) in [5, 5.41) is 11.6. The van der Waals surface area contributed by atoms with Gasteiger partial charge < -0.3 is 15.2 Å². The Balaban J connectivity index is 1.89. The SMILES string of the molecule is COc1cc(CC(=O)O)ccc1NC(=O)c1ccccc1-c1ccc(C(F)(F)F)cc1. The van der Waals surface area contributed by atoms with Crippen LogP contribution < -0.4 is 10.1 Å². The molecular weight excluding hydrogens is 411 g/mol. The van der Waals surface area contributed by atoms with Gasteiger partial charge in [0.25, 0.3) is 5.91 Å². The van der Waals surface area contributed by atoms with Crippen LogP contribution in [0.5, 0.6) is 5.75 Å². The first-order valence-electron chi connectivity index (χ1n) is 9.16. The number of anilines is 1. The number of carbonyl (C=O) groups excluding carboxylic acids is 1. The average molecular weight is 429 g/mol. The van der Waals surface area contributed by atoms with Gasteiger partial charge in [-0.25, -0.2) is 0 Å². The number of halogens is 3. The maximum atomic E-state index is 12.9.